The van der Waals surface area contributed by atoms with Gasteiger partial charge in [-0.3, -0.25) is 4.79 Å². The Hall–Kier alpha value is -1.00. The van der Waals surface area contributed by atoms with Crippen LogP contribution in [0.25, 0.3) is 0 Å². The highest BCUT2D eigenvalue weighted by Gasteiger charge is 2.20. The molecule has 106 valence electrons. The first-order chi connectivity index (χ1) is 8.69. The fourth-order valence-corrected chi connectivity index (χ4v) is 2.94. The molecule has 1 aromatic carbocycles. The van der Waals surface area contributed by atoms with Gasteiger partial charge in [0.25, 0.3) is 0 Å². The third kappa shape index (κ3) is 5.66. The van der Waals surface area contributed by atoms with Gasteiger partial charge in [0.1, 0.15) is 11.4 Å². The second-order valence-corrected chi connectivity index (χ2v) is 7.19. The molecule has 4 heteroatoms. The molecule has 19 heavy (non-hydrogen) atoms. The van der Waals surface area contributed by atoms with Gasteiger partial charge >= 0.3 is 5.97 Å². The molecule has 0 spiro atoms. The monoisotopic (exact) mass is 282 g/mol. The lowest BCUT2D eigenvalue weighted by Crippen LogP contribution is -2.25. The van der Waals surface area contributed by atoms with Gasteiger partial charge in [0, 0.05) is 5.56 Å². The highest BCUT2D eigenvalue weighted by atomic mass is 32.2. The summed E-state index contributed by atoms with van der Waals surface area (Å²) in [5, 5.41) is 0. The Morgan fingerprint density at radius 2 is 1.95 bits per heavy atom. The molecule has 1 unspecified atom stereocenters. The quantitative estimate of drug-likeness (QED) is 0.629. The minimum Gasteiger partial charge on any atom is -0.611 e. The molecule has 0 saturated heterocycles. The van der Waals surface area contributed by atoms with Crippen LogP contribution in [-0.4, -0.2) is 21.9 Å². The fraction of sp³-hybridized carbons (Fsp3) is 0.533. The molecule has 1 aromatic rings. The molecule has 0 radical (unpaired) electrons. The minimum atomic E-state index is -1.15. The number of ether oxygens (including phenoxy) is 1. The van der Waals surface area contributed by atoms with Gasteiger partial charge < -0.3 is 9.29 Å². The number of carbonyl (C=O) groups is 1. The zero-order valence-corrected chi connectivity index (χ0v) is 13.1. The molecule has 0 aromatic heterocycles. The van der Waals surface area contributed by atoms with Gasteiger partial charge in [0.15, 0.2) is 4.90 Å². The van der Waals surface area contributed by atoms with Crippen molar-refractivity contribution >= 4 is 17.1 Å². The summed E-state index contributed by atoms with van der Waals surface area (Å²) in [6.07, 6.45) is 0.178. The molecule has 0 aliphatic carbocycles. The maximum Gasteiger partial charge on any atom is 0.311 e. The summed E-state index contributed by atoms with van der Waals surface area (Å²) in [6.45, 7) is 9.41. The topological polar surface area (TPSA) is 49.4 Å². The number of carbonyl (C=O) groups excluding carboxylic acids is 1. The Balaban J connectivity index is 2.56. The first-order valence-corrected chi connectivity index (χ1v) is 7.68. The van der Waals surface area contributed by atoms with Crippen LogP contribution in [-0.2, 0) is 20.7 Å². The third-order valence-electron chi connectivity index (χ3n) is 2.49. The van der Waals surface area contributed by atoms with E-state index in [0.29, 0.717) is 5.75 Å². The number of hydrogen-bond donors (Lipinski definition) is 0. The average molecular weight is 282 g/mol. The molecular formula is C15H22O3S. The van der Waals surface area contributed by atoms with Crippen LogP contribution in [0.1, 0.15) is 38.3 Å². The van der Waals surface area contributed by atoms with E-state index in [1.54, 1.807) is 0 Å². The molecule has 0 amide bonds. The summed E-state index contributed by atoms with van der Waals surface area (Å²) in [6, 6.07) is 5.81. The number of benzene rings is 1. The van der Waals surface area contributed by atoms with Gasteiger partial charge in [-0.25, -0.2) is 0 Å². The van der Waals surface area contributed by atoms with Gasteiger partial charge in [0.05, 0.1) is 6.42 Å². The van der Waals surface area contributed by atoms with Crippen molar-refractivity contribution < 1.29 is 14.1 Å². The molecular weight excluding hydrogens is 260 g/mol. The molecule has 0 bridgehead atoms. The lowest BCUT2D eigenvalue weighted by Gasteiger charge is -2.20. The second kappa shape index (κ2) is 6.44. The predicted molar refractivity (Wildman–Crippen MR) is 77.7 cm³/mol. The molecule has 3 nitrogen and oxygen atoms in total. The van der Waals surface area contributed by atoms with Crippen molar-refractivity contribution in [1.29, 1.82) is 0 Å². The Morgan fingerprint density at radius 3 is 2.47 bits per heavy atom. The molecule has 0 aliphatic rings. The average Bonchev–Trinajstić information content (AvgIpc) is 2.23. The SMILES string of the molecule is Cc1ccc([S+]([O-])CCC(=O)OC(C)(C)C)c(C)c1. The maximum atomic E-state index is 12.2. The zero-order valence-electron chi connectivity index (χ0n) is 12.3. The molecule has 0 aliphatic heterocycles. The highest BCUT2D eigenvalue weighted by molar-refractivity contribution is 7.91. The lowest BCUT2D eigenvalue weighted by atomic mass is 10.2. The van der Waals surface area contributed by atoms with Crippen molar-refractivity contribution in [3.63, 3.8) is 0 Å². The molecule has 0 N–H and O–H groups in total. The molecule has 1 atom stereocenters. The van der Waals surface area contributed by atoms with E-state index >= 15 is 0 Å². The van der Waals surface area contributed by atoms with Crippen molar-refractivity contribution in [2.24, 2.45) is 0 Å². The summed E-state index contributed by atoms with van der Waals surface area (Å²) < 4.78 is 17.4. The Bertz CT molecular complexity index is 449. The van der Waals surface area contributed by atoms with E-state index < -0.39 is 16.8 Å². The number of rotatable bonds is 4. The predicted octanol–water partition coefficient (Wildman–Crippen LogP) is 3.14. The standard InChI is InChI=1S/C15H22O3S/c1-11-6-7-13(12(2)10-11)19(17)9-8-14(16)18-15(3,4)5/h6-7,10H,8-9H2,1-5H3. The molecule has 0 fully saturated rings. The normalized spacial score (nSPS) is 13.2. The first-order valence-electron chi connectivity index (χ1n) is 6.36. The van der Waals surface area contributed by atoms with E-state index in [0.717, 1.165) is 16.0 Å². The summed E-state index contributed by atoms with van der Waals surface area (Å²) in [7, 11) is 0. The van der Waals surface area contributed by atoms with Gasteiger partial charge in [-0.1, -0.05) is 17.7 Å². The Morgan fingerprint density at radius 1 is 1.32 bits per heavy atom. The van der Waals surface area contributed by atoms with Crippen LogP contribution in [0.4, 0.5) is 0 Å². The highest BCUT2D eigenvalue weighted by Crippen LogP contribution is 2.19. The summed E-state index contributed by atoms with van der Waals surface area (Å²) in [5.41, 5.74) is 1.66. The first kappa shape index (κ1) is 16.1. The van der Waals surface area contributed by atoms with E-state index in [2.05, 4.69) is 0 Å². The summed E-state index contributed by atoms with van der Waals surface area (Å²) in [5.74, 6) is 0.00402. The summed E-state index contributed by atoms with van der Waals surface area (Å²) in [4.78, 5) is 12.4. The van der Waals surface area contributed by atoms with Crippen LogP contribution in [0, 0.1) is 13.8 Å². The van der Waals surface area contributed by atoms with Gasteiger partial charge in [0.2, 0.25) is 0 Å². The van der Waals surface area contributed by atoms with Gasteiger partial charge in [-0.2, -0.15) is 0 Å². The van der Waals surface area contributed by atoms with E-state index in [9.17, 15) is 9.35 Å². The third-order valence-corrected chi connectivity index (χ3v) is 4.01. The minimum absolute atomic E-state index is 0.178. The number of aryl methyl sites for hydroxylation is 2. The maximum absolute atomic E-state index is 12.2. The fourth-order valence-electron chi connectivity index (χ4n) is 1.73. The number of esters is 1. The molecule has 0 heterocycles. The van der Waals surface area contributed by atoms with Crippen LogP contribution in [0.2, 0.25) is 0 Å². The molecule has 1 rings (SSSR count). The van der Waals surface area contributed by atoms with Crippen LogP contribution in [0.5, 0.6) is 0 Å². The van der Waals surface area contributed by atoms with E-state index in [-0.39, 0.29) is 12.4 Å². The van der Waals surface area contributed by atoms with Crippen LogP contribution < -0.4 is 0 Å². The van der Waals surface area contributed by atoms with E-state index in [1.165, 1.54) is 0 Å². The van der Waals surface area contributed by atoms with Crippen molar-refractivity contribution in [2.75, 3.05) is 5.75 Å². The van der Waals surface area contributed by atoms with Gasteiger partial charge in [-0.15, -0.1) is 0 Å². The smallest absolute Gasteiger partial charge is 0.311 e. The Kier molecular flexibility index (Phi) is 5.44. The zero-order chi connectivity index (χ0) is 14.6. The number of hydrogen-bond acceptors (Lipinski definition) is 3. The van der Waals surface area contributed by atoms with Crippen LogP contribution >= 0.6 is 0 Å². The van der Waals surface area contributed by atoms with Crippen LogP contribution in [0.3, 0.4) is 0 Å². The van der Waals surface area contributed by atoms with E-state index in [4.69, 9.17) is 4.74 Å². The van der Waals surface area contributed by atoms with Crippen molar-refractivity contribution in [1.82, 2.24) is 0 Å². The van der Waals surface area contributed by atoms with Crippen LogP contribution in [0.15, 0.2) is 23.1 Å². The Labute approximate surface area is 118 Å². The van der Waals surface area contributed by atoms with Crippen molar-refractivity contribution in [3.05, 3.63) is 29.3 Å². The van der Waals surface area contributed by atoms with Crippen molar-refractivity contribution in [3.8, 4) is 0 Å². The van der Waals surface area contributed by atoms with E-state index in [1.807, 2.05) is 52.8 Å². The summed E-state index contributed by atoms with van der Waals surface area (Å²) >= 11 is -1.15. The molecule has 0 saturated carbocycles. The van der Waals surface area contributed by atoms with Gasteiger partial charge in [-0.05, 0) is 51.9 Å². The largest absolute Gasteiger partial charge is 0.611 e. The van der Waals surface area contributed by atoms with Crippen molar-refractivity contribution in [2.45, 2.75) is 51.5 Å². The lowest BCUT2D eigenvalue weighted by molar-refractivity contribution is -0.154. The second-order valence-electron chi connectivity index (χ2n) is 5.66.